The summed E-state index contributed by atoms with van der Waals surface area (Å²) >= 11 is 21.6. The van der Waals surface area contributed by atoms with Gasteiger partial charge in [0, 0.05) is 57.4 Å². The van der Waals surface area contributed by atoms with Crippen molar-refractivity contribution in [3.63, 3.8) is 0 Å². The molecule has 12 aromatic rings. The minimum Gasteiger partial charge on any atom is -0.399 e. The van der Waals surface area contributed by atoms with Gasteiger partial charge in [-0.3, -0.25) is 9.59 Å². The largest absolute Gasteiger partial charge is 0.505 e. The Bertz CT molecular complexity index is 5450. The van der Waals surface area contributed by atoms with Gasteiger partial charge in [-0.2, -0.15) is 0 Å². The number of benzene rings is 2. The van der Waals surface area contributed by atoms with Gasteiger partial charge in [-0.05, 0) is 254 Å². The summed E-state index contributed by atoms with van der Waals surface area (Å²) < 4.78 is 49.2. The lowest BCUT2D eigenvalue weighted by Gasteiger charge is -2.32. The molecule has 5 atom stereocenters. The van der Waals surface area contributed by atoms with Crippen molar-refractivity contribution in [2.24, 2.45) is 47.3 Å². The monoisotopic (exact) mass is 2070 g/mol. The van der Waals surface area contributed by atoms with Gasteiger partial charge in [0.2, 0.25) is 11.6 Å². The van der Waals surface area contributed by atoms with Crippen LogP contribution in [-0.2, 0) is 49.7 Å². The molecule has 2 fully saturated rings. The predicted molar refractivity (Wildman–Crippen MR) is 590 cm³/mol. The van der Waals surface area contributed by atoms with E-state index in [1.54, 1.807) is 18.8 Å². The van der Waals surface area contributed by atoms with Gasteiger partial charge in [0.1, 0.15) is 0 Å². The molecule has 2 aliphatic carbocycles. The molecule has 131 heavy (non-hydrogen) atoms. The first-order valence-electron chi connectivity index (χ1n) is 50.6. The number of carbonyl (C=O) groups is 2. The highest BCUT2D eigenvalue weighted by Crippen LogP contribution is 2.59. The fourth-order valence-corrected chi connectivity index (χ4v) is 29.1. The number of Topliss-reactive ketones (excluding diaryl/α,β-unsaturated/α-hetero) is 2. The number of aromatic nitrogens is 4. The fourth-order valence-electron chi connectivity index (χ4n) is 19.2. The maximum Gasteiger partial charge on any atom is 0.505 e. The molecule has 0 amide bonds. The highest BCUT2D eigenvalue weighted by atomic mass is 79.9. The molecule has 0 spiro atoms. The molecule has 12 heterocycles. The Morgan fingerprint density at radius 3 is 0.985 bits per heavy atom. The lowest BCUT2D eigenvalue weighted by molar-refractivity contribution is 0.00578. The first-order chi connectivity index (χ1) is 63.1. The molecule has 0 bridgehead atoms. The summed E-state index contributed by atoms with van der Waals surface area (Å²) in [4.78, 5) is 49.6. The van der Waals surface area contributed by atoms with Gasteiger partial charge >= 0.3 is 14.2 Å². The van der Waals surface area contributed by atoms with Gasteiger partial charge in [0.25, 0.3) is 0 Å². The molecular weight excluding hydrogens is 1920 g/mol. The molecule has 0 radical (unpaired) electrons. The number of nitrogens with zero attached hydrogens (tertiary/aromatic N) is 4. The van der Waals surface area contributed by atoms with E-state index in [4.69, 9.17) is 41.1 Å². The zero-order valence-electron chi connectivity index (χ0n) is 85.1. The second kappa shape index (κ2) is 47.6. The van der Waals surface area contributed by atoms with Gasteiger partial charge in [-0.15, -0.1) is 99.8 Å². The van der Waals surface area contributed by atoms with E-state index in [1.165, 1.54) is 283 Å². The first kappa shape index (κ1) is 103. The zero-order chi connectivity index (χ0) is 96.2. The van der Waals surface area contributed by atoms with Gasteiger partial charge < -0.3 is 18.6 Å². The summed E-state index contributed by atoms with van der Waals surface area (Å²) in [6.45, 7) is 51.7. The number of halogens is 2. The van der Waals surface area contributed by atoms with Crippen molar-refractivity contribution >= 4 is 229 Å². The van der Waals surface area contributed by atoms with Crippen LogP contribution in [0.2, 0.25) is 0 Å². The number of ketones is 2. The summed E-state index contributed by atoms with van der Waals surface area (Å²) in [5, 5.41) is 13.2. The normalized spacial score (nSPS) is 17.1. The van der Waals surface area contributed by atoms with E-state index in [2.05, 4.69) is 231 Å². The molecule has 10 aromatic heterocycles. The first-order valence-corrected chi connectivity index (χ1v) is 58.9. The Hall–Kier alpha value is -3.54. The van der Waals surface area contributed by atoms with Crippen LogP contribution in [0.1, 0.15) is 374 Å². The van der Waals surface area contributed by atoms with Crippen LogP contribution in [-0.4, -0.2) is 77.4 Å². The molecule has 2 aromatic carbocycles. The summed E-state index contributed by atoms with van der Waals surface area (Å²) in [5.74, 6) is 4.91. The standard InChI is InChI=1S/C37H60B2O4S2.C30H40Br2N2S2.C30H42N2S2.C10H4O2S2.CH5P/c1-11-13-15-17-19-21-23-37(24-22-20-18-16-14-12-2)27-25-29(38-40-33(3,4)34(5,6)41-38)44-31(27)32-28(37)26-30(45-32)39-42-35(7,8)36(9,10)43-39;1-17(2)9-7-11-19(5)13-23-24(14-20(6)12-8-10-18(3)4)34-28-22-16-26(32)36-30(22)29-21(27(28)33-23)15-25(31)35-29;1-19(2)9-7-11-21(5)17-25-26(18-22(6)12-8-10-20(3)4)32-28-24-14-16-34-30(24)29-23(13-15-33-29)27(28)31-25;11-7-5-1-3-13-9(5)10-6(8(7)12)2-4-14-10;1-2/h25-26H,11-24H2,1-10H3;15-20H,7-14H2,1-6H3;13-16,19-22H,7-12,17-18H2,1-6H3;1-4H;2H2,1H3/t;19-,20-;21-,22-;;/m.00../s1/i;;;;2TD. The number of fused-ring (bicyclic) bond motifs is 18. The maximum atomic E-state index is 11.6. The minimum absolute atomic E-state index is 0.0248. The molecule has 4 aliphatic rings. The van der Waals surface area contributed by atoms with Crippen molar-refractivity contribution in [2.75, 3.05) is 6.66 Å². The molecule has 0 saturated carbocycles. The van der Waals surface area contributed by atoms with Crippen molar-refractivity contribution < 1.29 is 28.2 Å². The van der Waals surface area contributed by atoms with E-state index < -0.39 is 9.13 Å². The Kier molecular flexibility index (Phi) is 37.6. The van der Waals surface area contributed by atoms with Crippen LogP contribution < -0.4 is 9.55 Å². The van der Waals surface area contributed by atoms with Crippen LogP contribution in [0, 0.1) is 47.3 Å². The van der Waals surface area contributed by atoms with Crippen LogP contribution in [0.3, 0.4) is 0 Å². The van der Waals surface area contributed by atoms with Crippen molar-refractivity contribution in [3.05, 3.63) is 123 Å². The molecule has 16 rings (SSSR count). The molecule has 23 heteroatoms. The van der Waals surface area contributed by atoms with Crippen LogP contribution in [0.5, 0.6) is 0 Å². The Labute approximate surface area is 841 Å². The van der Waals surface area contributed by atoms with Gasteiger partial charge in [0.05, 0.1) is 106 Å². The number of rotatable bonds is 40. The van der Waals surface area contributed by atoms with Crippen LogP contribution in [0.15, 0.2) is 77.6 Å². The third kappa shape index (κ3) is 25.6. The second-order valence-electron chi connectivity index (χ2n) is 42.1. The quantitative estimate of drug-likeness (QED) is 0.0159. The Balaban J connectivity index is 0.000000165. The molecule has 712 valence electrons. The Morgan fingerprint density at radius 1 is 0.389 bits per heavy atom. The summed E-state index contributed by atoms with van der Waals surface area (Å²) in [6.07, 6.45) is 37.9. The van der Waals surface area contributed by atoms with E-state index in [-0.39, 0.29) is 53.6 Å². The van der Waals surface area contributed by atoms with E-state index in [1.807, 2.05) is 78.8 Å². The molecule has 10 nitrogen and oxygen atoms in total. The van der Waals surface area contributed by atoms with Crippen LogP contribution in [0.4, 0.5) is 0 Å². The Morgan fingerprint density at radius 2 is 0.679 bits per heavy atom. The highest BCUT2D eigenvalue weighted by Gasteiger charge is 2.56. The predicted octanol–water partition coefficient (Wildman–Crippen LogP) is 35.2. The number of hydrogen-bond acceptors (Lipinski definition) is 18. The van der Waals surface area contributed by atoms with Gasteiger partial charge in [-0.1, -0.05) is 258 Å². The van der Waals surface area contributed by atoms with Crippen LogP contribution >= 0.6 is 132 Å². The molecule has 1 unspecified atom stereocenters. The molecule has 0 N–H and O–H groups in total. The van der Waals surface area contributed by atoms with Gasteiger partial charge in [-0.25, -0.2) is 19.9 Å². The topological polar surface area (TPSA) is 123 Å². The third-order valence-electron chi connectivity index (χ3n) is 28.2. The SMILES string of the molecule is CC(C)CCC[C@H](C)Cc1nc2c3cc(Br)sc3c3sc(Br)cc3c2nc1C[C@@H](C)CCCC(C)C.CC(C)CCC[C@H](C)Cc1nc2c3ccsc3c3sccc3c2nc1C[C@@H](C)CCCC(C)C.CCCCCCCCC1(CCCCCCCC)c2cc(B3OC(C)(C)C(C)(C)O3)sc2-c2sc(B3OC(C)(C)C(C)(C)O3)cc21.O=C1C(=O)c2ccsc2-c2sccc21.[2H]P([3H])C. The summed E-state index contributed by atoms with van der Waals surface area (Å²) in [7, 11) is -1.76. The average Bonchev–Trinajstić information content (AvgIpc) is 1.54. The van der Waals surface area contributed by atoms with E-state index in [9.17, 15) is 9.59 Å². The van der Waals surface area contributed by atoms with Crippen molar-refractivity contribution in [1.29, 1.82) is 2.56 Å². The van der Waals surface area contributed by atoms with Crippen molar-refractivity contribution in [1.82, 2.24) is 19.9 Å². The zero-order valence-corrected chi connectivity index (χ0v) is 93.7. The molecular formula is C108H151B2Br2N4O6PS8. The van der Waals surface area contributed by atoms with Crippen molar-refractivity contribution in [2.45, 2.75) is 373 Å². The minimum atomic E-state index is -1.12. The van der Waals surface area contributed by atoms with E-state index >= 15 is 0 Å². The number of unbranched alkanes of at least 4 members (excludes halogenated alkanes) is 10. The van der Waals surface area contributed by atoms with Crippen LogP contribution in [0.25, 0.3) is 81.9 Å². The maximum absolute atomic E-state index is 11.6. The summed E-state index contributed by atoms with van der Waals surface area (Å²) in [5.41, 5.74) is 12.2. The molecule has 2 aliphatic heterocycles. The highest BCUT2D eigenvalue weighted by molar-refractivity contribution is 9.11. The second-order valence-corrected chi connectivity index (χ2v) is 52.8. The van der Waals surface area contributed by atoms with Crippen molar-refractivity contribution in [3.8, 4) is 19.5 Å². The van der Waals surface area contributed by atoms with E-state index in [0.717, 1.165) is 88.7 Å². The number of carbonyl (C=O) groups excluding carboxylic acids is 2. The lowest BCUT2D eigenvalue weighted by atomic mass is 9.70. The smallest absolute Gasteiger partial charge is 0.399 e. The van der Waals surface area contributed by atoms with E-state index in [0.29, 0.717) is 34.8 Å². The fraction of sp³-hybridized carbons (Fsp3) is 0.611. The molecule has 2 saturated heterocycles. The third-order valence-corrected chi connectivity index (χ3v) is 38.1. The number of thiophene rings is 8. The summed E-state index contributed by atoms with van der Waals surface area (Å²) in [6, 6.07) is 17.4. The average molecular weight is 2070 g/mol. The van der Waals surface area contributed by atoms with Gasteiger partial charge in [0.15, 0.2) is 0 Å². The lowest BCUT2D eigenvalue weighted by Crippen LogP contribution is -2.41. The number of hydrogen-bond donors (Lipinski definition) is 0.